The van der Waals surface area contributed by atoms with Crippen molar-refractivity contribution >= 4 is 11.9 Å². The number of hydrogen-bond donors (Lipinski definition) is 2. The summed E-state index contributed by atoms with van der Waals surface area (Å²) < 4.78 is 12.9. The van der Waals surface area contributed by atoms with Crippen LogP contribution in [0.2, 0.25) is 0 Å². The number of hydrogen-bond acceptors (Lipinski definition) is 2. The van der Waals surface area contributed by atoms with E-state index in [1.165, 1.54) is 17.7 Å². The molecule has 6 heteroatoms. The third-order valence-corrected chi connectivity index (χ3v) is 3.84. The smallest absolute Gasteiger partial charge is 0.224 e. The highest BCUT2D eigenvalue weighted by Crippen LogP contribution is 2.04. The van der Waals surface area contributed by atoms with Gasteiger partial charge in [-0.2, -0.15) is 0 Å². The number of carbonyl (C=O) groups excluding carboxylic acids is 1. The van der Waals surface area contributed by atoms with Crippen molar-refractivity contribution in [1.82, 2.24) is 15.5 Å². The maximum absolute atomic E-state index is 12.9. The fourth-order valence-electron chi connectivity index (χ4n) is 2.54. The summed E-state index contributed by atoms with van der Waals surface area (Å²) in [6.07, 6.45) is 0.239. The number of carbonyl (C=O) groups is 1. The zero-order valence-corrected chi connectivity index (χ0v) is 15.2. The molecule has 0 aliphatic rings. The Kier molecular flexibility index (Phi) is 7.61. The molecule has 0 radical (unpaired) electrons. The lowest BCUT2D eigenvalue weighted by Gasteiger charge is -2.22. The van der Waals surface area contributed by atoms with Crippen LogP contribution in [0.15, 0.2) is 59.6 Å². The second-order valence-electron chi connectivity index (χ2n) is 5.97. The molecule has 0 unspecified atom stereocenters. The van der Waals surface area contributed by atoms with Gasteiger partial charge in [-0.05, 0) is 23.3 Å². The van der Waals surface area contributed by atoms with E-state index in [-0.39, 0.29) is 18.1 Å². The first-order valence-electron chi connectivity index (χ1n) is 8.55. The number of nitrogens with one attached hydrogen (secondary N) is 2. The fraction of sp³-hybridized carbons (Fsp3) is 0.300. The third-order valence-electron chi connectivity index (χ3n) is 3.84. The maximum atomic E-state index is 12.9. The van der Waals surface area contributed by atoms with Crippen LogP contribution in [0.5, 0.6) is 0 Å². The minimum Gasteiger partial charge on any atom is -0.354 e. The topological polar surface area (TPSA) is 56.7 Å². The molecule has 0 spiro atoms. The minimum absolute atomic E-state index is 0.0916. The Labute approximate surface area is 153 Å². The summed E-state index contributed by atoms with van der Waals surface area (Å²) in [6.45, 7) is 1.80. The van der Waals surface area contributed by atoms with Crippen molar-refractivity contribution in [3.8, 4) is 0 Å². The first kappa shape index (κ1) is 19.4. The summed E-state index contributed by atoms with van der Waals surface area (Å²) in [4.78, 5) is 18.2. The number of rotatable bonds is 7. The second kappa shape index (κ2) is 10.2. The molecule has 0 saturated carbocycles. The van der Waals surface area contributed by atoms with Crippen LogP contribution in [0, 0.1) is 5.82 Å². The van der Waals surface area contributed by atoms with Gasteiger partial charge in [0.05, 0.1) is 6.42 Å². The van der Waals surface area contributed by atoms with E-state index >= 15 is 0 Å². The van der Waals surface area contributed by atoms with Crippen LogP contribution >= 0.6 is 0 Å². The third kappa shape index (κ3) is 6.55. The van der Waals surface area contributed by atoms with Crippen LogP contribution in [0.25, 0.3) is 0 Å². The second-order valence-corrected chi connectivity index (χ2v) is 5.97. The van der Waals surface area contributed by atoms with Gasteiger partial charge >= 0.3 is 0 Å². The zero-order chi connectivity index (χ0) is 18.8. The maximum Gasteiger partial charge on any atom is 0.224 e. The van der Waals surface area contributed by atoms with Gasteiger partial charge in [-0.1, -0.05) is 42.5 Å². The predicted molar refractivity (Wildman–Crippen MR) is 102 cm³/mol. The standard InChI is InChI=1S/C20H25FN4O/c1-22-20(25(2)15-17-6-4-3-5-7-17)24-13-12-23-19(26)14-16-8-10-18(21)11-9-16/h3-11H,12-15H2,1-2H3,(H,22,24)(H,23,26). The van der Waals surface area contributed by atoms with Crippen LogP contribution in [0.4, 0.5) is 4.39 Å². The molecule has 0 fully saturated rings. The highest BCUT2D eigenvalue weighted by atomic mass is 19.1. The lowest BCUT2D eigenvalue weighted by atomic mass is 10.1. The number of aliphatic imine (C=N–C) groups is 1. The number of guanidine groups is 1. The van der Waals surface area contributed by atoms with Gasteiger partial charge in [0.1, 0.15) is 5.82 Å². The van der Waals surface area contributed by atoms with E-state index in [1.807, 2.05) is 30.1 Å². The van der Waals surface area contributed by atoms with Crippen LogP contribution in [-0.2, 0) is 17.8 Å². The molecule has 0 heterocycles. The summed E-state index contributed by atoms with van der Waals surface area (Å²) in [5, 5.41) is 6.07. The molecule has 0 aromatic heterocycles. The van der Waals surface area contributed by atoms with Crippen molar-refractivity contribution in [2.45, 2.75) is 13.0 Å². The monoisotopic (exact) mass is 356 g/mol. The van der Waals surface area contributed by atoms with Crippen LogP contribution in [0.1, 0.15) is 11.1 Å². The molecule has 5 nitrogen and oxygen atoms in total. The van der Waals surface area contributed by atoms with Gasteiger partial charge in [-0.3, -0.25) is 9.79 Å². The van der Waals surface area contributed by atoms with Gasteiger partial charge in [0, 0.05) is 33.7 Å². The molecule has 2 aromatic rings. The van der Waals surface area contributed by atoms with Gasteiger partial charge < -0.3 is 15.5 Å². The number of nitrogens with zero attached hydrogens (tertiary/aromatic N) is 2. The van der Waals surface area contributed by atoms with Gasteiger partial charge in [-0.15, -0.1) is 0 Å². The molecule has 0 saturated heterocycles. The number of benzene rings is 2. The number of amides is 1. The lowest BCUT2D eigenvalue weighted by Crippen LogP contribution is -2.42. The van der Waals surface area contributed by atoms with Crippen LogP contribution in [0.3, 0.4) is 0 Å². The Morgan fingerprint density at radius 1 is 1.00 bits per heavy atom. The molecule has 0 atom stereocenters. The van der Waals surface area contributed by atoms with Crippen molar-refractivity contribution in [1.29, 1.82) is 0 Å². The van der Waals surface area contributed by atoms with Gasteiger partial charge in [0.2, 0.25) is 5.91 Å². The molecule has 2 N–H and O–H groups in total. The fourth-order valence-corrected chi connectivity index (χ4v) is 2.54. The highest BCUT2D eigenvalue weighted by Gasteiger charge is 2.07. The number of halogens is 1. The quantitative estimate of drug-likeness (QED) is 0.454. The van der Waals surface area contributed by atoms with E-state index in [0.717, 1.165) is 18.1 Å². The van der Waals surface area contributed by atoms with Gasteiger partial charge in [-0.25, -0.2) is 4.39 Å². The van der Waals surface area contributed by atoms with E-state index in [2.05, 4.69) is 27.8 Å². The van der Waals surface area contributed by atoms with Crippen molar-refractivity contribution in [3.63, 3.8) is 0 Å². The van der Waals surface area contributed by atoms with E-state index in [0.29, 0.717) is 13.1 Å². The molecule has 2 aromatic carbocycles. The van der Waals surface area contributed by atoms with Gasteiger partial charge in [0.25, 0.3) is 0 Å². The molecular weight excluding hydrogens is 331 g/mol. The molecule has 0 bridgehead atoms. The summed E-state index contributed by atoms with van der Waals surface area (Å²) in [5.74, 6) is 0.372. The van der Waals surface area contributed by atoms with E-state index < -0.39 is 0 Å². The predicted octanol–water partition coefficient (Wildman–Crippen LogP) is 2.19. The molecule has 138 valence electrons. The Morgan fingerprint density at radius 2 is 1.65 bits per heavy atom. The van der Waals surface area contributed by atoms with E-state index in [1.54, 1.807) is 19.2 Å². The molecule has 2 rings (SSSR count). The Hall–Kier alpha value is -2.89. The molecule has 26 heavy (non-hydrogen) atoms. The highest BCUT2D eigenvalue weighted by molar-refractivity contribution is 5.80. The SMILES string of the molecule is CN=C(NCCNC(=O)Cc1ccc(F)cc1)N(C)Cc1ccccc1. The molecule has 1 amide bonds. The lowest BCUT2D eigenvalue weighted by molar-refractivity contribution is -0.120. The summed E-state index contributed by atoms with van der Waals surface area (Å²) in [7, 11) is 3.70. The Balaban J connectivity index is 1.70. The average molecular weight is 356 g/mol. The van der Waals surface area contributed by atoms with E-state index in [4.69, 9.17) is 0 Å². The Bertz CT molecular complexity index is 716. The Morgan fingerprint density at radius 3 is 2.31 bits per heavy atom. The van der Waals surface area contributed by atoms with Crippen LogP contribution in [-0.4, -0.2) is 44.0 Å². The molecule has 0 aliphatic carbocycles. The van der Waals surface area contributed by atoms with Crippen molar-refractivity contribution in [2.24, 2.45) is 4.99 Å². The van der Waals surface area contributed by atoms with Crippen molar-refractivity contribution in [3.05, 3.63) is 71.5 Å². The summed E-state index contributed by atoms with van der Waals surface area (Å²) >= 11 is 0. The minimum atomic E-state index is -0.302. The van der Waals surface area contributed by atoms with E-state index in [9.17, 15) is 9.18 Å². The van der Waals surface area contributed by atoms with Gasteiger partial charge in [0.15, 0.2) is 5.96 Å². The largest absolute Gasteiger partial charge is 0.354 e. The van der Waals surface area contributed by atoms with Crippen LogP contribution < -0.4 is 10.6 Å². The normalized spacial score (nSPS) is 11.1. The average Bonchev–Trinajstić information content (AvgIpc) is 2.64. The summed E-state index contributed by atoms with van der Waals surface area (Å²) in [6, 6.07) is 16.1. The molecule has 0 aliphatic heterocycles. The molecular formula is C20H25FN4O. The first-order chi connectivity index (χ1) is 12.6. The zero-order valence-electron chi connectivity index (χ0n) is 15.2. The summed E-state index contributed by atoms with van der Waals surface area (Å²) in [5.41, 5.74) is 1.99. The van der Waals surface area contributed by atoms with Crippen molar-refractivity contribution in [2.75, 3.05) is 27.2 Å². The van der Waals surface area contributed by atoms with Crippen molar-refractivity contribution < 1.29 is 9.18 Å². The first-order valence-corrected chi connectivity index (χ1v) is 8.55.